The molecule has 2 rings (SSSR count). The van der Waals surface area contributed by atoms with Crippen LogP contribution in [0.15, 0.2) is 40.1 Å². The van der Waals surface area contributed by atoms with Crippen molar-refractivity contribution in [2.24, 2.45) is 0 Å². The smallest absolute Gasteiger partial charge is 0.331 e. The Kier molecular flexibility index (Phi) is 6.33. The van der Waals surface area contributed by atoms with Gasteiger partial charge in [0.05, 0.1) is 6.54 Å². The lowest BCUT2D eigenvalue weighted by Gasteiger charge is -2.10. The van der Waals surface area contributed by atoms with E-state index in [1.54, 1.807) is 13.0 Å². The van der Waals surface area contributed by atoms with Gasteiger partial charge >= 0.3 is 5.69 Å². The molecule has 0 bridgehead atoms. The highest BCUT2D eigenvalue weighted by Gasteiger charge is 2.13. The quantitative estimate of drug-likeness (QED) is 0.723. The van der Waals surface area contributed by atoms with E-state index in [2.05, 4.69) is 5.32 Å². The van der Waals surface area contributed by atoms with Crippen molar-refractivity contribution in [2.75, 3.05) is 13.2 Å². The van der Waals surface area contributed by atoms with Gasteiger partial charge in [-0.25, -0.2) is 9.36 Å². The number of amides is 1. The first-order valence-electron chi connectivity index (χ1n) is 8.16. The molecule has 1 aromatic heterocycles. The molecule has 26 heavy (non-hydrogen) atoms. The van der Waals surface area contributed by atoms with Crippen molar-refractivity contribution in [3.05, 3.63) is 62.4 Å². The summed E-state index contributed by atoms with van der Waals surface area (Å²) in [5.74, 6) is 0.192. The number of benzene rings is 1. The number of nitrogens with one attached hydrogen (secondary N) is 1. The van der Waals surface area contributed by atoms with Crippen molar-refractivity contribution < 1.29 is 9.53 Å². The monoisotopic (exact) mass is 356 g/mol. The van der Waals surface area contributed by atoms with E-state index in [0.29, 0.717) is 12.3 Å². The van der Waals surface area contributed by atoms with Crippen LogP contribution >= 0.6 is 0 Å². The van der Waals surface area contributed by atoms with Gasteiger partial charge in [-0.15, -0.1) is 0 Å². The normalized spacial score (nSPS) is 10.2. The molecular weight excluding hydrogens is 336 g/mol. The van der Waals surface area contributed by atoms with Gasteiger partial charge in [-0.1, -0.05) is 12.1 Å². The summed E-state index contributed by atoms with van der Waals surface area (Å²) < 4.78 is 7.49. The fourth-order valence-corrected chi connectivity index (χ4v) is 2.36. The zero-order valence-corrected chi connectivity index (χ0v) is 14.7. The van der Waals surface area contributed by atoms with Crippen LogP contribution in [0.2, 0.25) is 0 Å². The first kappa shape index (κ1) is 19.0. The van der Waals surface area contributed by atoms with Crippen molar-refractivity contribution in [1.29, 1.82) is 5.26 Å². The van der Waals surface area contributed by atoms with Gasteiger partial charge in [0.15, 0.2) is 0 Å². The molecule has 0 aliphatic carbocycles. The number of hydrogen-bond acceptors (Lipinski definition) is 5. The van der Waals surface area contributed by atoms with Crippen LogP contribution in [0.4, 0.5) is 0 Å². The van der Waals surface area contributed by atoms with Crippen LogP contribution in [0.1, 0.15) is 18.1 Å². The Morgan fingerprint density at radius 1 is 1.35 bits per heavy atom. The average Bonchev–Trinajstić information content (AvgIpc) is 2.62. The summed E-state index contributed by atoms with van der Waals surface area (Å²) in [6.45, 7) is 3.98. The molecule has 0 saturated carbocycles. The summed E-state index contributed by atoms with van der Waals surface area (Å²) in [6, 6.07) is 9.25. The molecular formula is C18H20N4O4. The number of nitriles is 1. The Hall–Kier alpha value is -3.34. The third-order valence-corrected chi connectivity index (χ3v) is 3.68. The first-order chi connectivity index (χ1) is 12.5. The van der Waals surface area contributed by atoms with E-state index in [1.165, 1.54) is 10.8 Å². The lowest BCUT2D eigenvalue weighted by atomic mass is 10.2. The van der Waals surface area contributed by atoms with E-state index in [4.69, 9.17) is 10.00 Å². The summed E-state index contributed by atoms with van der Waals surface area (Å²) >= 11 is 0. The summed E-state index contributed by atoms with van der Waals surface area (Å²) in [6.07, 6.45) is 1.20. The number of ether oxygens (including phenoxy) is 1. The number of hydrogen-bond donors (Lipinski definition) is 1. The fraction of sp³-hybridized carbons (Fsp3) is 0.333. The summed E-state index contributed by atoms with van der Waals surface area (Å²) in [5, 5.41) is 11.6. The van der Waals surface area contributed by atoms with Crippen LogP contribution in [-0.2, 0) is 17.9 Å². The summed E-state index contributed by atoms with van der Waals surface area (Å²) in [7, 11) is 0. The molecule has 0 unspecified atom stereocenters. The topological polar surface area (TPSA) is 106 Å². The predicted octanol–water partition coefficient (Wildman–Crippen LogP) is 0.405. The molecule has 1 heterocycles. The molecule has 0 spiro atoms. The standard InChI is InChI=1S/C18H20N4O4/c1-3-21-11-14(10-19)17(24)22(18(21)25)12-16(23)20-7-8-26-15-6-4-5-13(2)9-15/h4-6,9,11H,3,7-8,12H2,1-2H3,(H,20,23). The van der Waals surface area contributed by atoms with Crippen molar-refractivity contribution >= 4 is 5.91 Å². The molecule has 0 radical (unpaired) electrons. The molecule has 8 nitrogen and oxygen atoms in total. The van der Waals surface area contributed by atoms with E-state index in [0.717, 1.165) is 10.1 Å². The minimum absolute atomic E-state index is 0.179. The van der Waals surface area contributed by atoms with Gasteiger partial charge in [-0.05, 0) is 31.5 Å². The van der Waals surface area contributed by atoms with Gasteiger partial charge in [0.1, 0.15) is 30.5 Å². The van der Waals surface area contributed by atoms with Crippen LogP contribution in [0.25, 0.3) is 0 Å². The van der Waals surface area contributed by atoms with Gasteiger partial charge in [0.2, 0.25) is 5.91 Å². The molecule has 0 aliphatic heterocycles. The Morgan fingerprint density at radius 2 is 2.12 bits per heavy atom. The maximum absolute atomic E-state index is 12.2. The molecule has 1 N–H and O–H groups in total. The summed E-state index contributed by atoms with van der Waals surface area (Å²) in [5.41, 5.74) is -0.506. The lowest BCUT2D eigenvalue weighted by molar-refractivity contribution is -0.121. The molecule has 0 fully saturated rings. The maximum atomic E-state index is 12.2. The minimum atomic E-state index is -0.770. The Balaban J connectivity index is 1.97. The van der Waals surface area contributed by atoms with Gasteiger partial charge in [0, 0.05) is 12.7 Å². The van der Waals surface area contributed by atoms with E-state index >= 15 is 0 Å². The number of carbonyl (C=O) groups is 1. The van der Waals surface area contributed by atoms with Gasteiger partial charge in [0.25, 0.3) is 5.56 Å². The first-order valence-corrected chi connectivity index (χ1v) is 8.16. The molecule has 0 saturated heterocycles. The number of rotatable bonds is 7. The van der Waals surface area contributed by atoms with E-state index < -0.39 is 23.7 Å². The largest absolute Gasteiger partial charge is 0.492 e. The molecule has 1 amide bonds. The second kappa shape index (κ2) is 8.67. The molecule has 2 aromatic rings. The SMILES string of the molecule is CCn1cc(C#N)c(=O)n(CC(=O)NCCOc2cccc(C)c2)c1=O. The van der Waals surface area contributed by atoms with Crippen LogP contribution in [0.3, 0.4) is 0 Å². The molecule has 1 aromatic carbocycles. The van der Waals surface area contributed by atoms with Gasteiger partial charge in [-0.3, -0.25) is 14.2 Å². The highest BCUT2D eigenvalue weighted by atomic mass is 16.5. The second-order valence-corrected chi connectivity index (χ2v) is 5.63. The zero-order chi connectivity index (χ0) is 19.1. The lowest BCUT2D eigenvalue weighted by Crippen LogP contribution is -2.44. The molecule has 0 aliphatic rings. The third kappa shape index (κ3) is 4.60. The number of aromatic nitrogens is 2. The molecule has 8 heteroatoms. The van der Waals surface area contributed by atoms with Crippen molar-refractivity contribution in [2.45, 2.75) is 26.9 Å². The van der Waals surface area contributed by atoms with Crippen LogP contribution < -0.4 is 21.3 Å². The van der Waals surface area contributed by atoms with Crippen molar-refractivity contribution in [1.82, 2.24) is 14.5 Å². The van der Waals surface area contributed by atoms with Crippen LogP contribution in [0.5, 0.6) is 5.75 Å². The van der Waals surface area contributed by atoms with Crippen molar-refractivity contribution in [3.63, 3.8) is 0 Å². The number of nitrogens with zero attached hydrogens (tertiary/aromatic N) is 3. The maximum Gasteiger partial charge on any atom is 0.331 e. The predicted molar refractivity (Wildman–Crippen MR) is 95.0 cm³/mol. The zero-order valence-electron chi connectivity index (χ0n) is 14.7. The number of carbonyl (C=O) groups excluding carboxylic acids is 1. The average molecular weight is 356 g/mol. The highest BCUT2D eigenvalue weighted by molar-refractivity contribution is 5.75. The third-order valence-electron chi connectivity index (χ3n) is 3.68. The van der Waals surface area contributed by atoms with Crippen molar-refractivity contribution in [3.8, 4) is 11.8 Å². The van der Waals surface area contributed by atoms with E-state index in [1.807, 2.05) is 31.2 Å². The minimum Gasteiger partial charge on any atom is -0.492 e. The van der Waals surface area contributed by atoms with Gasteiger partial charge in [-0.2, -0.15) is 5.26 Å². The highest BCUT2D eigenvalue weighted by Crippen LogP contribution is 2.11. The fourth-order valence-electron chi connectivity index (χ4n) is 2.36. The molecule has 0 atom stereocenters. The Labute approximate surface area is 150 Å². The second-order valence-electron chi connectivity index (χ2n) is 5.63. The number of aryl methyl sites for hydroxylation is 2. The van der Waals surface area contributed by atoms with Crippen LogP contribution in [-0.4, -0.2) is 28.2 Å². The molecule has 136 valence electrons. The Morgan fingerprint density at radius 3 is 2.77 bits per heavy atom. The Bertz CT molecular complexity index is 953. The van der Waals surface area contributed by atoms with E-state index in [-0.39, 0.29) is 18.7 Å². The van der Waals surface area contributed by atoms with E-state index in [9.17, 15) is 14.4 Å². The summed E-state index contributed by atoms with van der Waals surface area (Å²) in [4.78, 5) is 36.3. The van der Waals surface area contributed by atoms with Crippen LogP contribution in [0, 0.1) is 18.3 Å². The van der Waals surface area contributed by atoms with Gasteiger partial charge < -0.3 is 10.1 Å².